The molecule has 2 aromatic carbocycles. The zero-order chi connectivity index (χ0) is 27.0. The van der Waals surface area contributed by atoms with Crippen molar-refractivity contribution in [3.05, 3.63) is 63.9 Å². The molecule has 0 spiro atoms. The molecule has 1 aliphatic carbocycles. The normalized spacial score (nSPS) is 16.9. The van der Waals surface area contributed by atoms with Crippen LogP contribution in [0.25, 0.3) is 10.9 Å². The number of nitrogens with one attached hydrogen (secondary N) is 1. The van der Waals surface area contributed by atoms with Crippen molar-refractivity contribution in [1.29, 1.82) is 0 Å². The molecule has 0 unspecified atom stereocenters. The first-order valence-corrected chi connectivity index (χ1v) is 14.4. The van der Waals surface area contributed by atoms with Gasteiger partial charge < -0.3 is 19.4 Å². The molecule has 2 heterocycles. The number of ether oxygens (including phenoxy) is 2. The van der Waals surface area contributed by atoms with Gasteiger partial charge in [-0.3, -0.25) is 9.59 Å². The van der Waals surface area contributed by atoms with Crippen molar-refractivity contribution in [3.8, 4) is 11.5 Å². The lowest BCUT2D eigenvalue weighted by Crippen LogP contribution is -2.38. The highest BCUT2D eigenvalue weighted by Crippen LogP contribution is 2.33. The number of aryl methyl sites for hydroxylation is 1. The van der Waals surface area contributed by atoms with Gasteiger partial charge in [-0.2, -0.15) is 4.31 Å². The lowest BCUT2D eigenvalue weighted by Gasteiger charge is -2.30. The van der Waals surface area contributed by atoms with E-state index < -0.39 is 27.4 Å². The quantitative estimate of drug-likeness (QED) is 0.511. The van der Waals surface area contributed by atoms with Crippen LogP contribution in [0.2, 0.25) is 0 Å². The zero-order valence-corrected chi connectivity index (χ0v) is 22.7. The highest BCUT2D eigenvalue weighted by Gasteiger charge is 2.30. The molecule has 0 radical (unpaired) electrons. The molecule has 1 aliphatic heterocycles. The van der Waals surface area contributed by atoms with Crippen LogP contribution in [-0.4, -0.2) is 49.5 Å². The van der Waals surface area contributed by atoms with E-state index in [1.807, 2.05) is 19.1 Å². The molecule has 0 bridgehead atoms. The molecule has 0 saturated heterocycles. The van der Waals surface area contributed by atoms with Crippen LogP contribution in [0.4, 0.5) is 0 Å². The largest absolute Gasteiger partial charge is 0.486 e. The van der Waals surface area contributed by atoms with Gasteiger partial charge in [0.15, 0.2) is 11.5 Å². The molecule has 9 nitrogen and oxygen atoms in total. The Labute approximate surface area is 222 Å². The number of amides is 1. The highest BCUT2D eigenvalue weighted by atomic mass is 32.2. The second kappa shape index (κ2) is 10.4. The maximum absolute atomic E-state index is 13.5. The zero-order valence-electron chi connectivity index (χ0n) is 21.9. The summed E-state index contributed by atoms with van der Waals surface area (Å²) in [6, 6.07) is 9.55. The maximum Gasteiger partial charge on any atom is 0.257 e. The number of rotatable bonds is 6. The van der Waals surface area contributed by atoms with Crippen LogP contribution in [0.3, 0.4) is 0 Å². The number of benzene rings is 2. The summed E-state index contributed by atoms with van der Waals surface area (Å²) in [5.74, 6) is 0.729. The maximum atomic E-state index is 13.5. The Morgan fingerprint density at radius 2 is 1.76 bits per heavy atom. The van der Waals surface area contributed by atoms with Crippen molar-refractivity contribution in [2.45, 2.75) is 56.0 Å². The smallest absolute Gasteiger partial charge is 0.257 e. The molecule has 3 aromatic rings. The summed E-state index contributed by atoms with van der Waals surface area (Å²) in [6.45, 7) is 2.77. The van der Waals surface area contributed by atoms with E-state index in [1.165, 1.54) is 22.6 Å². The average molecular weight is 540 g/mol. The fourth-order valence-electron chi connectivity index (χ4n) is 5.29. The number of hydrogen-bond donors (Lipinski definition) is 1. The van der Waals surface area contributed by atoms with Crippen molar-refractivity contribution in [1.82, 2.24) is 14.2 Å². The van der Waals surface area contributed by atoms with E-state index in [0.29, 0.717) is 30.2 Å². The van der Waals surface area contributed by atoms with Gasteiger partial charge >= 0.3 is 0 Å². The number of pyridine rings is 1. The van der Waals surface area contributed by atoms with Gasteiger partial charge in [-0.25, -0.2) is 8.42 Å². The summed E-state index contributed by atoms with van der Waals surface area (Å²) < 4.78 is 41.1. The van der Waals surface area contributed by atoms with Crippen LogP contribution < -0.4 is 20.2 Å². The summed E-state index contributed by atoms with van der Waals surface area (Å²) in [5.41, 5.74) is 0.784. The van der Waals surface area contributed by atoms with Crippen molar-refractivity contribution in [3.63, 3.8) is 0 Å². The van der Waals surface area contributed by atoms with Gasteiger partial charge in [0, 0.05) is 31.7 Å². The molecule has 38 heavy (non-hydrogen) atoms. The predicted octanol–water partition coefficient (Wildman–Crippen LogP) is 3.75. The Bertz CT molecular complexity index is 1540. The summed E-state index contributed by atoms with van der Waals surface area (Å²) in [6.07, 6.45) is 6.28. The monoisotopic (exact) mass is 539 g/mol. The van der Waals surface area contributed by atoms with E-state index in [4.69, 9.17) is 9.47 Å². The molecule has 202 valence electrons. The fourth-order valence-corrected chi connectivity index (χ4v) is 6.73. The molecule has 5 rings (SSSR count). The van der Waals surface area contributed by atoms with Gasteiger partial charge in [-0.05, 0) is 55.7 Å². The van der Waals surface area contributed by atoms with Crippen LogP contribution >= 0.6 is 0 Å². The molecule has 1 N–H and O–H groups in total. The van der Waals surface area contributed by atoms with Crippen molar-refractivity contribution >= 4 is 26.8 Å². The lowest BCUT2D eigenvalue weighted by atomic mass is 9.96. The van der Waals surface area contributed by atoms with Gasteiger partial charge in [0.25, 0.3) is 5.91 Å². The molecule has 1 amide bonds. The second-order valence-electron chi connectivity index (χ2n) is 10.1. The molecule has 1 atom stereocenters. The minimum absolute atomic E-state index is 0.0496. The van der Waals surface area contributed by atoms with Gasteiger partial charge in [0.2, 0.25) is 15.5 Å². The number of carbonyl (C=O) groups is 1. The van der Waals surface area contributed by atoms with Crippen LogP contribution in [-0.2, 0) is 17.1 Å². The first-order valence-electron chi connectivity index (χ1n) is 13.0. The molecular formula is C28H33N3O6S. The van der Waals surface area contributed by atoms with E-state index in [0.717, 1.165) is 37.7 Å². The number of carbonyl (C=O) groups excluding carboxylic acids is 1. The number of aromatic nitrogens is 1. The third-order valence-electron chi connectivity index (χ3n) is 7.58. The molecule has 2 aliphatic rings. The Kier molecular flexibility index (Phi) is 7.19. The SMILES string of the molecule is C[C@H](NC(=O)c1cn(C)c2ccc(S(=O)(=O)N(C)C3CCCCC3)cc2c1=O)c1ccc2c(c1)OCCO2. The third kappa shape index (κ3) is 4.90. The van der Waals surface area contributed by atoms with E-state index in [1.54, 1.807) is 30.8 Å². The number of fused-ring (bicyclic) bond motifs is 2. The van der Waals surface area contributed by atoms with Crippen molar-refractivity contribution in [2.75, 3.05) is 20.3 Å². The van der Waals surface area contributed by atoms with Crippen LogP contribution in [0.1, 0.15) is 61.0 Å². The van der Waals surface area contributed by atoms with E-state index in [9.17, 15) is 18.0 Å². The second-order valence-corrected chi connectivity index (χ2v) is 12.1. The minimum Gasteiger partial charge on any atom is -0.486 e. The first kappa shape index (κ1) is 26.2. The van der Waals surface area contributed by atoms with Crippen LogP contribution in [0.5, 0.6) is 11.5 Å². The molecule has 10 heteroatoms. The topological polar surface area (TPSA) is 107 Å². The summed E-state index contributed by atoms with van der Waals surface area (Å²) in [5, 5.41) is 3.07. The van der Waals surface area contributed by atoms with Crippen LogP contribution in [0, 0.1) is 0 Å². The number of sulfonamides is 1. The highest BCUT2D eigenvalue weighted by molar-refractivity contribution is 7.89. The number of hydrogen-bond acceptors (Lipinski definition) is 6. The minimum atomic E-state index is -3.79. The molecular weight excluding hydrogens is 506 g/mol. The van der Waals surface area contributed by atoms with Crippen LogP contribution in [0.15, 0.2) is 52.3 Å². The van der Waals surface area contributed by atoms with E-state index >= 15 is 0 Å². The summed E-state index contributed by atoms with van der Waals surface area (Å²) in [7, 11) is -0.458. The lowest BCUT2D eigenvalue weighted by molar-refractivity contribution is 0.0938. The Morgan fingerprint density at radius 3 is 2.50 bits per heavy atom. The molecule has 1 fully saturated rings. The van der Waals surface area contributed by atoms with Gasteiger partial charge in [-0.15, -0.1) is 0 Å². The molecule has 1 saturated carbocycles. The predicted molar refractivity (Wildman–Crippen MR) is 144 cm³/mol. The standard InChI is InChI=1S/C28H33N3O6S/c1-18(19-9-12-25-26(15-19)37-14-13-36-25)29-28(33)23-17-30(2)24-11-10-21(16-22(24)27(23)32)38(34,35)31(3)20-7-5-4-6-8-20/h9-12,15-18,20H,4-8,13-14H2,1-3H3,(H,29,33)/t18-/m0/s1. The van der Waals surface area contributed by atoms with E-state index in [2.05, 4.69) is 5.32 Å². The Morgan fingerprint density at radius 1 is 1.05 bits per heavy atom. The Balaban J connectivity index is 1.44. The van der Waals surface area contributed by atoms with Crippen molar-refractivity contribution in [2.24, 2.45) is 7.05 Å². The fraction of sp³-hybridized carbons (Fsp3) is 0.429. The average Bonchev–Trinajstić information content (AvgIpc) is 2.94. The first-order chi connectivity index (χ1) is 18.2. The van der Waals surface area contributed by atoms with Crippen molar-refractivity contribution < 1.29 is 22.7 Å². The third-order valence-corrected chi connectivity index (χ3v) is 9.49. The molecule has 1 aromatic heterocycles. The summed E-state index contributed by atoms with van der Waals surface area (Å²) >= 11 is 0. The Hall–Kier alpha value is -3.37. The van der Waals surface area contributed by atoms with Gasteiger partial charge in [-0.1, -0.05) is 25.3 Å². The van der Waals surface area contributed by atoms with Gasteiger partial charge in [0.1, 0.15) is 18.8 Å². The number of nitrogens with zero attached hydrogens (tertiary/aromatic N) is 2. The van der Waals surface area contributed by atoms with Gasteiger partial charge in [0.05, 0.1) is 16.5 Å². The van der Waals surface area contributed by atoms with E-state index in [-0.39, 0.29) is 21.9 Å². The summed E-state index contributed by atoms with van der Waals surface area (Å²) in [4.78, 5) is 26.7.